The molecule has 0 aliphatic rings. The van der Waals surface area contributed by atoms with Crippen molar-refractivity contribution in [2.75, 3.05) is 0 Å². The molecule has 1 aromatic carbocycles. The number of hydrogen-bond acceptors (Lipinski definition) is 2. The molecule has 0 atom stereocenters. The van der Waals surface area contributed by atoms with Crippen LogP contribution >= 0.6 is 0 Å². The van der Waals surface area contributed by atoms with Crippen molar-refractivity contribution in [2.45, 2.75) is 39.2 Å². The minimum absolute atomic E-state index is 0.0385. The Hall–Kier alpha value is -2.62. The van der Waals surface area contributed by atoms with Crippen molar-refractivity contribution < 1.29 is 9.67 Å². The molecule has 0 saturated heterocycles. The first kappa shape index (κ1) is 16.2. The van der Waals surface area contributed by atoms with Gasteiger partial charge >= 0.3 is 11.2 Å². The van der Waals surface area contributed by atoms with Gasteiger partial charge in [0.2, 0.25) is 5.75 Å². The topological polar surface area (TPSA) is 46.1 Å². The lowest BCUT2D eigenvalue weighted by atomic mass is 10.1. The standard InChI is InChI=1S/C20H22N2O2/c1-2-3-4-10-15-22-17-12-7-6-11-16(17)19(23)18(20(22)24)21-13-8-5-9-14-21/h5-9,11-14H,2-4,10,15H2,1H3/p+1. The fourth-order valence-corrected chi connectivity index (χ4v) is 3.07. The molecule has 0 aliphatic heterocycles. The minimum atomic E-state index is -0.154. The highest BCUT2D eigenvalue weighted by atomic mass is 16.3. The lowest BCUT2D eigenvalue weighted by Gasteiger charge is -2.12. The van der Waals surface area contributed by atoms with E-state index in [2.05, 4.69) is 6.92 Å². The van der Waals surface area contributed by atoms with Crippen molar-refractivity contribution in [2.24, 2.45) is 0 Å². The zero-order valence-electron chi connectivity index (χ0n) is 14.0. The smallest absolute Gasteiger partial charge is 0.327 e. The molecule has 0 amide bonds. The van der Waals surface area contributed by atoms with E-state index in [4.69, 9.17) is 0 Å². The van der Waals surface area contributed by atoms with E-state index in [1.807, 2.05) is 42.5 Å². The summed E-state index contributed by atoms with van der Waals surface area (Å²) in [6.45, 7) is 2.84. The van der Waals surface area contributed by atoms with Gasteiger partial charge in [-0.05, 0) is 18.6 Å². The lowest BCUT2D eigenvalue weighted by molar-refractivity contribution is -0.597. The Morgan fingerprint density at radius 1 is 1.00 bits per heavy atom. The number of unbranched alkanes of at least 4 members (excludes halogenated alkanes) is 3. The predicted molar refractivity (Wildman–Crippen MR) is 95.5 cm³/mol. The zero-order valence-corrected chi connectivity index (χ0v) is 14.0. The molecule has 3 aromatic rings. The number of pyridine rings is 2. The molecule has 0 aliphatic carbocycles. The molecular formula is C20H23N2O2+. The Morgan fingerprint density at radius 3 is 2.50 bits per heavy atom. The van der Waals surface area contributed by atoms with E-state index >= 15 is 0 Å². The van der Waals surface area contributed by atoms with Gasteiger partial charge in [0.1, 0.15) is 0 Å². The molecule has 0 spiro atoms. The number of benzene rings is 1. The third-order valence-corrected chi connectivity index (χ3v) is 4.33. The highest BCUT2D eigenvalue weighted by molar-refractivity contribution is 5.87. The second kappa shape index (κ2) is 7.30. The third kappa shape index (κ3) is 3.04. The van der Waals surface area contributed by atoms with Gasteiger partial charge in [0.15, 0.2) is 12.4 Å². The average molecular weight is 323 g/mol. The summed E-state index contributed by atoms with van der Waals surface area (Å²) < 4.78 is 3.48. The van der Waals surface area contributed by atoms with Crippen LogP contribution in [0.25, 0.3) is 16.6 Å². The van der Waals surface area contributed by atoms with E-state index in [9.17, 15) is 9.90 Å². The van der Waals surface area contributed by atoms with Crippen LogP contribution in [0.1, 0.15) is 32.6 Å². The Kier molecular flexibility index (Phi) is 4.94. The van der Waals surface area contributed by atoms with E-state index in [1.54, 1.807) is 21.5 Å². The van der Waals surface area contributed by atoms with E-state index in [1.165, 1.54) is 6.42 Å². The first-order valence-corrected chi connectivity index (χ1v) is 8.55. The molecular weight excluding hydrogens is 300 g/mol. The van der Waals surface area contributed by atoms with E-state index in [0.717, 1.165) is 24.8 Å². The molecule has 3 rings (SSSR count). The zero-order chi connectivity index (χ0) is 16.9. The van der Waals surface area contributed by atoms with Crippen molar-refractivity contribution in [3.8, 4) is 11.4 Å². The summed E-state index contributed by atoms with van der Waals surface area (Å²) in [5.74, 6) is 0.0385. The average Bonchev–Trinajstić information content (AvgIpc) is 2.62. The first-order chi connectivity index (χ1) is 11.7. The van der Waals surface area contributed by atoms with Crippen LogP contribution in [0.2, 0.25) is 0 Å². The van der Waals surface area contributed by atoms with Crippen LogP contribution in [0.4, 0.5) is 0 Å². The van der Waals surface area contributed by atoms with Gasteiger partial charge in [-0.1, -0.05) is 44.4 Å². The maximum Gasteiger partial charge on any atom is 0.327 e. The number of fused-ring (bicyclic) bond motifs is 1. The van der Waals surface area contributed by atoms with E-state index in [-0.39, 0.29) is 11.3 Å². The molecule has 24 heavy (non-hydrogen) atoms. The van der Waals surface area contributed by atoms with Crippen LogP contribution in [0.5, 0.6) is 5.75 Å². The molecule has 0 unspecified atom stereocenters. The fraction of sp³-hybridized carbons (Fsp3) is 0.300. The molecule has 0 bridgehead atoms. The van der Waals surface area contributed by atoms with Gasteiger partial charge in [0, 0.05) is 24.1 Å². The van der Waals surface area contributed by atoms with Crippen LogP contribution in [0, 0.1) is 0 Å². The minimum Gasteiger partial charge on any atom is -0.502 e. The van der Waals surface area contributed by atoms with E-state index < -0.39 is 0 Å². The largest absolute Gasteiger partial charge is 0.502 e. The number of para-hydroxylation sites is 1. The normalized spacial score (nSPS) is 11.0. The Labute approximate surface area is 141 Å². The number of nitrogens with zero attached hydrogens (tertiary/aromatic N) is 2. The lowest BCUT2D eigenvalue weighted by Crippen LogP contribution is -2.39. The Bertz CT molecular complexity index is 885. The fourth-order valence-electron chi connectivity index (χ4n) is 3.07. The van der Waals surface area contributed by atoms with Crippen molar-refractivity contribution in [1.29, 1.82) is 0 Å². The van der Waals surface area contributed by atoms with Crippen LogP contribution < -0.4 is 10.1 Å². The van der Waals surface area contributed by atoms with Crippen molar-refractivity contribution in [3.63, 3.8) is 0 Å². The van der Waals surface area contributed by atoms with Gasteiger partial charge in [-0.15, -0.1) is 0 Å². The van der Waals surface area contributed by atoms with E-state index in [0.29, 0.717) is 17.6 Å². The molecule has 0 fully saturated rings. The monoisotopic (exact) mass is 323 g/mol. The predicted octanol–water partition coefficient (Wildman–Crippen LogP) is 3.56. The summed E-state index contributed by atoms with van der Waals surface area (Å²) in [6.07, 6.45) is 7.97. The molecule has 2 heterocycles. The van der Waals surface area contributed by atoms with Crippen molar-refractivity contribution in [1.82, 2.24) is 4.57 Å². The SMILES string of the molecule is CCCCCCn1c(=O)c(-[n+]2ccccc2)c(O)c2ccccc21. The molecule has 0 radical (unpaired) electrons. The number of rotatable bonds is 6. The van der Waals surface area contributed by atoms with Gasteiger partial charge in [-0.3, -0.25) is 4.79 Å². The van der Waals surface area contributed by atoms with Crippen LogP contribution in [-0.4, -0.2) is 9.67 Å². The van der Waals surface area contributed by atoms with Gasteiger partial charge in [-0.25, -0.2) is 0 Å². The van der Waals surface area contributed by atoms with Gasteiger partial charge in [0.25, 0.3) is 0 Å². The highest BCUT2D eigenvalue weighted by Gasteiger charge is 2.23. The Balaban J connectivity index is 2.17. The highest BCUT2D eigenvalue weighted by Crippen LogP contribution is 2.26. The molecule has 124 valence electrons. The number of aryl methyl sites for hydroxylation is 1. The summed E-state index contributed by atoms with van der Waals surface area (Å²) in [6, 6.07) is 13.1. The first-order valence-electron chi connectivity index (χ1n) is 8.55. The summed E-state index contributed by atoms with van der Waals surface area (Å²) >= 11 is 0. The number of hydrogen-bond donors (Lipinski definition) is 1. The maximum atomic E-state index is 13.1. The number of aromatic nitrogens is 2. The van der Waals surface area contributed by atoms with Crippen LogP contribution in [0.3, 0.4) is 0 Å². The van der Waals surface area contributed by atoms with Crippen LogP contribution in [-0.2, 0) is 6.54 Å². The second-order valence-corrected chi connectivity index (χ2v) is 6.01. The van der Waals surface area contributed by atoms with Gasteiger partial charge < -0.3 is 9.67 Å². The van der Waals surface area contributed by atoms with Gasteiger partial charge in [0.05, 0.1) is 5.52 Å². The quantitative estimate of drug-likeness (QED) is 0.557. The van der Waals surface area contributed by atoms with Crippen LogP contribution in [0.15, 0.2) is 59.7 Å². The molecule has 2 aromatic heterocycles. The third-order valence-electron chi connectivity index (χ3n) is 4.33. The van der Waals surface area contributed by atoms with Crippen molar-refractivity contribution >= 4 is 10.9 Å². The summed E-state index contributed by atoms with van der Waals surface area (Å²) in [5.41, 5.74) is 0.945. The summed E-state index contributed by atoms with van der Waals surface area (Å²) in [4.78, 5) is 13.1. The Morgan fingerprint density at radius 2 is 1.75 bits per heavy atom. The molecule has 4 nitrogen and oxygen atoms in total. The van der Waals surface area contributed by atoms with Crippen molar-refractivity contribution in [3.05, 3.63) is 65.2 Å². The second-order valence-electron chi connectivity index (χ2n) is 6.01. The molecule has 0 saturated carbocycles. The van der Waals surface area contributed by atoms with Gasteiger partial charge in [-0.2, -0.15) is 4.57 Å². The summed E-state index contributed by atoms with van der Waals surface area (Å²) in [7, 11) is 0. The maximum absolute atomic E-state index is 13.1. The molecule has 4 heteroatoms. The summed E-state index contributed by atoms with van der Waals surface area (Å²) in [5, 5.41) is 11.4. The number of aromatic hydroxyl groups is 1. The molecule has 1 N–H and O–H groups in total.